The number of hydrogen-bond donors (Lipinski definition) is 0. The fraction of sp³-hybridized carbons (Fsp3) is 0.231. The molecule has 1 aliphatic rings. The van der Waals surface area contributed by atoms with Crippen molar-refractivity contribution in [2.24, 2.45) is 0 Å². The summed E-state index contributed by atoms with van der Waals surface area (Å²) >= 11 is 0. The summed E-state index contributed by atoms with van der Waals surface area (Å²) in [6.45, 7) is 3.96. The Morgan fingerprint density at radius 1 is 0.968 bits per heavy atom. The molecular formula is C26H25N3O2. The Bertz CT molecular complexity index is 1200. The van der Waals surface area contributed by atoms with Gasteiger partial charge < -0.3 is 14.2 Å². The maximum atomic E-state index is 12.9. The van der Waals surface area contributed by atoms with Gasteiger partial charge in [0.05, 0.1) is 17.6 Å². The number of para-hydroxylation sites is 2. The van der Waals surface area contributed by atoms with Crippen LogP contribution in [0.5, 0.6) is 5.75 Å². The molecule has 1 amide bonds. The fourth-order valence-corrected chi connectivity index (χ4v) is 4.36. The first kappa shape index (κ1) is 19.4. The van der Waals surface area contributed by atoms with Crippen molar-refractivity contribution in [1.82, 2.24) is 9.55 Å². The smallest absolute Gasteiger partial charge is 0.227 e. The minimum absolute atomic E-state index is 0.0511. The molecular weight excluding hydrogens is 386 g/mol. The van der Waals surface area contributed by atoms with Crippen LogP contribution < -0.4 is 9.64 Å². The lowest BCUT2D eigenvalue weighted by atomic mass is 10.1. The zero-order chi connectivity index (χ0) is 21.2. The van der Waals surface area contributed by atoms with Gasteiger partial charge in [-0.3, -0.25) is 4.79 Å². The number of carbonyl (C=O) groups excluding carboxylic acids is 1. The standard InChI is InChI=1S/C26H25N3O2/c1-2-31-22-14-12-21(13-15-22)28-18-20(16-25(28)30)26-27-23-10-6-7-11-24(23)29(26)17-19-8-4-3-5-9-19/h3-15,20H,2,16-18H2,1H3/t20-/m1/s1. The van der Waals surface area contributed by atoms with Crippen molar-refractivity contribution in [3.8, 4) is 5.75 Å². The Hall–Kier alpha value is -3.60. The van der Waals surface area contributed by atoms with Crippen molar-refractivity contribution in [2.75, 3.05) is 18.1 Å². The third kappa shape index (κ3) is 3.79. The number of aromatic nitrogens is 2. The highest BCUT2D eigenvalue weighted by Gasteiger charge is 2.34. The molecule has 1 aliphatic heterocycles. The van der Waals surface area contributed by atoms with E-state index in [1.54, 1.807) is 0 Å². The first-order valence-electron chi connectivity index (χ1n) is 10.7. The number of amides is 1. The molecule has 156 valence electrons. The quantitative estimate of drug-likeness (QED) is 0.448. The zero-order valence-corrected chi connectivity index (χ0v) is 17.6. The molecule has 4 aromatic rings. The summed E-state index contributed by atoms with van der Waals surface area (Å²) in [5, 5.41) is 0. The summed E-state index contributed by atoms with van der Waals surface area (Å²) in [5.74, 6) is 1.98. The van der Waals surface area contributed by atoms with Gasteiger partial charge >= 0.3 is 0 Å². The molecule has 1 saturated heterocycles. The summed E-state index contributed by atoms with van der Waals surface area (Å²) in [6.07, 6.45) is 0.464. The third-order valence-electron chi connectivity index (χ3n) is 5.82. The second-order valence-electron chi connectivity index (χ2n) is 7.86. The lowest BCUT2D eigenvalue weighted by Crippen LogP contribution is -2.24. The van der Waals surface area contributed by atoms with Crippen molar-refractivity contribution in [1.29, 1.82) is 0 Å². The van der Waals surface area contributed by atoms with E-state index in [1.807, 2.05) is 60.4 Å². The topological polar surface area (TPSA) is 47.4 Å². The molecule has 5 rings (SSSR count). The van der Waals surface area contributed by atoms with E-state index in [9.17, 15) is 4.79 Å². The van der Waals surface area contributed by atoms with Gasteiger partial charge in [0.2, 0.25) is 5.91 Å². The predicted octanol–water partition coefficient (Wildman–Crippen LogP) is 5.00. The molecule has 0 saturated carbocycles. The molecule has 2 heterocycles. The van der Waals surface area contributed by atoms with Crippen LogP contribution in [0.3, 0.4) is 0 Å². The summed E-state index contributed by atoms with van der Waals surface area (Å²) in [6, 6.07) is 26.4. The zero-order valence-electron chi connectivity index (χ0n) is 17.6. The number of hydrogen-bond acceptors (Lipinski definition) is 3. The van der Waals surface area contributed by atoms with Gasteiger partial charge in [-0.1, -0.05) is 42.5 Å². The summed E-state index contributed by atoms with van der Waals surface area (Å²) in [7, 11) is 0. The Labute approximate surface area is 181 Å². The largest absolute Gasteiger partial charge is 0.494 e. The Kier molecular flexibility index (Phi) is 5.16. The second-order valence-corrected chi connectivity index (χ2v) is 7.86. The Balaban J connectivity index is 1.47. The number of anilines is 1. The maximum Gasteiger partial charge on any atom is 0.227 e. The molecule has 3 aromatic carbocycles. The highest BCUT2D eigenvalue weighted by Crippen LogP contribution is 2.34. The van der Waals surface area contributed by atoms with Gasteiger partial charge in [-0.25, -0.2) is 4.98 Å². The van der Waals surface area contributed by atoms with E-state index in [1.165, 1.54) is 5.56 Å². The number of benzene rings is 3. The van der Waals surface area contributed by atoms with Crippen LogP contribution in [0.4, 0.5) is 5.69 Å². The van der Waals surface area contributed by atoms with Crippen LogP contribution >= 0.6 is 0 Å². The van der Waals surface area contributed by atoms with Crippen LogP contribution in [0.15, 0.2) is 78.9 Å². The number of rotatable bonds is 6. The van der Waals surface area contributed by atoms with Crippen LogP contribution in [-0.4, -0.2) is 28.6 Å². The SMILES string of the molecule is CCOc1ccc(N2C[C@H](c3nc4ccccc4n3Cc3ccccc3)CC2=O)cc1. The van der Waals surface area contributed by atoms with Crippen LogP contribution in [0.2, 0.25) is 0 Å². The normalized spacial score (nSPS) is 16.2. The monoisotopic (exact) mass is 411 g/mol. The molecule has 1 atom stereocenters. The minimum Gasteiger partial charge on any atom is -0.494 e. The second kappa shape index (κ2) is 8.26. The van der Waals surface area contributed by atoms with E-state index in [4.69, 9.17) is 9.72 Å². The van der Waals surface area contributed by atoms with E-state index in [-0.39, 0.29) is 11.8 Å². The summed E-state index contributed by atoms with van der Waals surface area (Å²) in [5.41, 5.74) is 4.20. The predicted molar refractivity (Wildman–Crippen MR) is 123 cm³/mol. The first-order chi connectivity index (χ1) is 15.2. The molecule has 0 bridgehead atoms. The number of carbonyl (C=O) groups is 1. The molecule has 1 aromatic heterocycles. The van der Waals surface area contributed by atoms with E-state index < -0.39 is 0 Å². The Morgan fingerprint density at radius 2 is 1.71 bits per heavy atom. The minimum atomic E-state index is 0.0511. The molecule has 5 heteroatoms. The molecule has 0 aliphatic carbocycles. The number of ether oxygens (including phenoxy) is 1. The number of nitrogens with zero attached hydrogens (tertiary/aromatic N) is 3. The van der Waals surface area contributed by atoms with E-state index in [0.717, 1.165) is 34.8 Å². The molecule has 0 unspecified atom stereocenters. The van der Waals surface area contributed by atoms with Crippen molar-refractivity contribution in [3.05, 3.63) is 90.3 Å². The average Bonchev–Trinajstić information content (AvgIpc) is 3.36. The van der Waals surface area contributed by atoms with Crippen LogP contribution in [0, 0.1) is 0 Å². The maximum absolute atomic E-state index is 12.9. The molecule has 1 fully saturated rings. The van der Waals surface area contributed by atoms with E-state index >= 15 is 0 Å². The molecule has 31 heavy (non-hydrogen) atoms. The van der Waals surface area contributed by atoms with Crippen molar-refractivity contribution in [2.45, 2.75) is 25.8 Å². The van der Waals surface area contributed by atoms with Crippen LogP contribution in [0.25, 0.3) is 11.0 Å². The van der Waals surface area contributed by atoms with Gasteiger partial charge in [0, 0.05) is 31.1 Å². The van der Waals surface area contributed by atoms with Gasteiger partial charge in [0.15, 0.2) is 0 Å². The van der Waals surface area contributed by atoms with Gasteiger partial charge in [-0.15, -0.1) is 0 Å². The van der Waals surface area contributed by atoms with Gasteiger partial charge in [-0.2, -0.15) is 0 Å². The molecule has 0 N–H and O–H groups in total. The molecule has 5 nitrogen and oxygen atoms in total. The van der Waals surface area contributed by atoms with Crippen LogP contribution in [0.1, 0.15) is 30.7 Å². The van der Waals surface area contributed by atoms with Crippen molar-refractivity contribution >= 4 is 22.6 Å². The van der Waals surface area contributed by atoms with Crippen molar-refractivity contribution in [3.63, 3.8) is 0 Å². The van der Waals surface area contributed by atoms with Gasteiger partial charge in [0.25, 0.3) is 0 Å². The molecule has 0 radical (unpaired) electrons. The van der Waals surface area contributed by atoms with Gasteiger partial charge in [-0.05, 0) is 48.9 Å². The number of fused-ring (bicyclic) bond motifs is 1. The lowest BCUT2D eigenvalue weighted by Gasteiger charge is -2.18. The van der Waals surface area contributed by atoms with E-state index in [2.05, 4.69) is 34.9 Å². The number of imidazole rings is 1. The first-order valence-corrected chi connectivity index (χ1v) is 10.7. The average molecular weight is 412 g/mol. The summed E-state index contributed by atoms with van der Waals surface area (Å²) < 4.78 is 7.80. The fourth-order valence-electron chi connectivity index (χ4n) is 4.36. The van der Waals surface area contributed by atoms with Gasteiger partial charge in [0.1, 0.15) is 11.6 Å². The van der Waals surface area contributed by atoms with Crippen LogP contribution in [-0.2, 0) is 11.3 Å². The van der Waals surface area contributed by atoms with E-state index in [0.29, 0.717) is 19.6 Å². The summed E-state index contributed by atoms with van der Waals surface area (Å²) in [4.78, 5) is 19.7. The van der Waals surface area contributed by atoms with Crippen molar-refractivity contribution < 1.29 is 9.53 Å². The highest BCUT2D eigenvalue weighted by molar-refractivity contribution is 5.96. The third-order valence-corrected chi connectivity index (χ3v) is 5.82. The lowest BCUT2D eigenvalue weighted by molar-refractivity contribution is -0.117. The molecule has 0 spiro atoms. The highest BCUT2D eigenvalue weighted by atomic mass is 16.5. The Morgan fingerprint density at radius 3 is 2.48 bits per heavy atom.